The van der Waals surface area contributed by atoms with E-state index in [0.29, 0.717) is 12.1 Å². The molecule has 2 aliphatic rings. The van der Waals surface area contributed by atoms with E-state index in [9.17, 15) is 0 Å². The highest BCUT2D eigenvalue weighted by Crippen LogP contribution is 2.33. The molecule has 0 unspecified atom stereocenters. The van der Waals surface area contributed by atoms with Gasteiger partial charge in [0.05, 0.1) is 19.3 Å². The van der Waals surface area contributed by atoms with Gasteiger partial charge in [0.2, 0.25) is 0 Å². The third kappa shape index (κ3) is 4.54. The van der Waals surface area contributed by atoms with Crippen LogP contribution in [0.2, 0.25) is 0 Å². The minimum Gasteiger partial charge on any atom is -0.377 e. The Morgan fingerprint density at radius 2 is 2.17 bits per heavy atom. The van der Waals surface area contributed by atoms with Crippen molar-refractivity contribution in [2.24, 2.45) is 0 Å². The number of hydrogen-bond donors (Lipinski definition) is 0. The van der Waals surface area contributed by atoms with Gasteiger partial charge in [0.1, 0.15) is 5.60 Å². The van der Waals surface area contributed by atoms with Gasteiger partial charge in [0, 0.05) is 44.6 Å². The molecule has 1 spiro atoms. The second-order valence-corrected chi connectivity index (χ2v) is 7.61. The lowest BCUT2D eigenvalue weighted by atomic mass is 9.99. The first-order valence-electron chi connectivity index (χ1n) is 9.13. The van der Waals surface area contributed by atoms with E-state index in [2.05, 4.69) is 47.8 Å². The van der Waals surface area contributed by atoms with E-state index >= 15 is 0 Å². The topological polar surface area (TPSA) is 37.8 Å². The van der Waals surface area contributed by atoms with Gasteiger partial charge in [-0.25, -0.2) is 0 Å². The Morgan fingerprint density at radius 1 is 1.38 bits per heavy atom. The zero-order valence-electron chi connectivity index (χ0n) is 15.3. The fourth-order valence-electron chi connectivity index (χ4n) is 3.64. The highest BCUT2D eigenvalue weighted by molar-refractivity contribution is 5.10. The van der Waals surface area contributed by atoms with E-state index in [1.807, 2.05) is 12.4 Å². The third-order valence-corrected chi connectivity index (χ3v) is 5.30. The summed E-state index contributed by atoms with van der Waals surface area (Å²) in [5.41, 5.74) is 1.17. The largest absolute Gasteiger partial charge is 0.377 e. The van der Waals surface area contributed by atoms with Gasteiger partial charge in [-0.2, -0.15) is 0 Å². The molecule has 3 rings (SSSR count). The maximum Gasteiger partial charge on any atom is 0.105 e. The van der Waals surface area contributed by atoms with Crippen LogP contribution in [-0.2, 0) is 16.0 Å². The monoisotopic (exact) mass is 333 g/mol. The molecule has 134 valence electrons. The second-order valence-electron chi connectivity index (χ2n) is 7.61. The Morgan fingerprint density at radius 3 is 2.92 bits per heavy atom. The molecule has 0 bridgehead atoms. The van der Waals surface area contributed by atoms with Crippen LogP contribution in [-0.4, -0.2) is 72.4 Å². The molecule has 0 saturated carbocycles. The highest BCUT2D eigenvalue weighted by Gasteiger charge is 2.43. The molecular formula is C19H31N3O2. The average Bonchev–Trinajstić information content (AvgIpc) is 2.83. The molecule has 0 aromatic carbocycles. The SMILES string of the molecule is CC(C)N(C)C[C@@H]1CC[C@]2(COCCN(Cc3ccncc3)C2)O1. The van der Waals surface area contributed by atoms with Crippen molar-refractivity contribution in [3.8, 4) is 0 Å². The molecule has 1 aromatic heterocycles. The number of aromatic nitrogens is 1. The van der Waals surface area contributed by atoms with Crippen molar-refractivity contribution < 1.29 is 9.47 Å². The van der Waals surface area contributed by atoms with Gasteiger partial charge in [-0.05, 0) is 51.4 Å². The summed E-state index contributed by atoms with van der Waals surface area (Å²) in [6, 6.07) is 4.74. The maximum absolute atomic E-state index is 6.54. The van der Waals surface area contributed by atoms with Crippen molar-refractivity contribution in [2.75, 3.05) is 39.9 Å². The van der Waals surface area contributed by atoms with E-state index in [1.54, 1.807) is 0 Å². The van der Waals surface area contributed by atoms with Crippen LogP contribution in [0.1, 0.15) is 32.3 Å². The molecule has 2 fully saturated rings. The van der Waals surface area contributed by atoms with Gasteiger partial charge in [0.25, 0.3) is 0 Å². The molecular weight excluding hydrogens is 302 g/mol. The maximum atomic E-state index is 6.54. The lowest BCUT2D eigenvalue weighted by Gasteiger charge is -2.33. The highest BCUT2D eigenvalue weighted by atomic mass is 16.6. The first-order valence-corrected chi connectivity index (χ1v) is 9.13. The van der Waals surface area contributed by atoms with E-state index in [0.717, 1.165) is 52.2 Å². The molecule has 5 nitrogen and oxygen atoms in total. The first kappa shape index (κ1) is 17.8. The lowest BCUT2D eigenvalue weighted by molar-refractivity contribution is -0.0924. The van der Waals surface area contributed by atoms with Crippen LogP contribution >= 0.6 is 0 Å². The van der Waals surface area contributed by atoms with Crippen LogP contribution in [0.15, 0.2) is 24.5 Å². The molecule has 0 N–H and O–H groups in total. The van der Waals surface area contributed by atoms with Crippen LogP contribution in [0.5, 0.6) is 0 Å². The molecule has 5 heteroatoms. The summed E-state index contributed by atoms with van der Waals surface area (Å²) < 4.78 is 12.4. The number of hydrogen-bond acceptors (Lipinski definition) is 5. The fourth-order valence-corrected chi connectivity index (χ4v) is 3.64. The molecule has 2 atom stereocenters. The third-order valence-electron chi connectivity index (χ3n) is 5.30. The normalized spacial score (nSPS) is 28.8. The Hall–Kier alpha value is -1.01. The van der Waals surface area contributed by atoms with Crippen molar-refractivity contribution in [2.45, 2.75) is 51.0 Å². The summed E-state index contributed by atoms with van der Waals surface area (Å²) in [7, 11) is 2.18. The zero-order chi connectivity index (χ0) is 17.0. The molecule has 3 heterocycles. The number of ether oxygens (including phenoxy) is 2. The number of nitrogens with zero attached hydrogens (tertiary/aromatic N) is 3. The Balaban J connectivity index is 1.60. The van der Waals surface area contributed by atoms with Gasteiger partial charge in [-0.15, -0.1) is 0 Å². The van der Waals surface area contributed by atoms with Gasteiger partial charge < -0.3 is 14.4 Å². The molecule has 24 heavy (non-hydrogen) atoms. The fraction of sp³-hybridized carbons (Fsp3) is 0.737. The standard InChI is InChI=1S/C19H31N3O2/c1-16(2)21(3)13-18-4-7-19(24-18)14-22(10-11-23-15-19)12-17-5-8-20-9-6-17/h5-6,8-9,16,18H,4,7,10-15H2,1-3H3/t18-,19-/m0/s1. The second kappa shape index (κ2) is 7.91. The molecule has 1 aromatic rings. The first-order chi connectivity index (χ1) is 11.6. The minimum atomic E-state index is -0.133. The summed E-state index contributed by atoms with van der Waals surface area (Å²) in [6.45, 7) is 9.83. The van der Waals surface area contributed by atoms with Crippen LogP contribution < -0.4 is 0 Å². The number of rotatable bonds is 5. The molecule has 0 amide bonds. The Bertz CT molecular complexity index is 511. The summed E-state index contributed by atoms with van der Waals surface area (Å²) in [5.74, 6) is 0. The molecule has 2 saturated heterocycles. The van der Waals surface area contributed by atoms with Crippen LogP contribution in [0.25, 0.3) is 0 Å². The van der Waals surface area contributed by atoms with Crippen LogP contribution in [0.4, 0.5) is 0 Å². The smallest absolute Gasteiger partial charge is 0.105 e. The van der Waals surface area contributed by atoms with Crippen molar-refractivity contribution >= 4 is 0 Å². The predicted octanol–water partition coefficient (Wildman–Crippen LogP) is 2.17. The van der Waals surface area contributed by atoms with Crippen molar-refractivity contribution in [1.29, 1.82) is 0 Å². The predicted molar refractivity (Wildman–Crippen MR) is 94.9 cm³/mol. The Labute approximate surface area is 145 Å². The van der Waals surface area contributed by atoms with Crippen molar-refractivity contribution in [1.82, 2.24) is 14.8 Å². The number of likely N-dealkylation sites (N-methyl/N-ethyl adjacent to an activating group) is 1. The lowest BCUT2D eigenvalue weighted by Crippen LogP contribution is -2.45. The summed E-state index contributed by atoms with van der Waals surface area (Å²) in [5, 5.41) is 0. The van der Waals surface area contributed by atoms with Crippen molar-refractivity contribution in [3.63, 3.8) is 0 Å². The average molecular weight is 333 g/mol. The van der Waals surface area contributed by atoms with E-state index < -0.39 is 0 Å². The van der Waals surface area contributed by atoms with Gasteiger partial charge in [-0.1, -0.05) is 0 Å². The van der Waals surface area contributed by atoms with Crippen molar-refractivity contribution in [3.05, 3.63) is 30.1 Å². The van der Waals surface area contributed by atoms with Gasteiger partial charge >= 0.3 is 0 Å². The Kier molecular flexibility index (Phi) is 5.87. The zero-order valence-corrected chi connectivity index (χ0v) is 15.3. The number of pyridine rings is 1. The molecule has 0 radical (unpaired) electrons. The summed E-state index contributed by atoms with van der Waals surface area (Å²) >= 11 is 0. The van der Waals surface area contributed by atoms with E-state index in [1.165, 1.54) is 5.56 Å². The van der Waals surface area contributed by atoms with Crippen LogP contribution in [0.3, 0.4) is 0 Å². The van der Waals surface area contributed by atoms with Crippen LogP contribution in [0, 0.1) is 0 Å². The minimum absolute atomic E-state index is 0.133. The van der Waals surface area contributed by atoms with E-state index in [-0.39, 0.29) is 5.60 Å². The summed E-state index contributed by atoms with van der Waals surface area (Å²) in [6.07, 6.45) is 6.27. The molecule has 2 aliphatic heterocycles. The van der Waals surface area contributed by atoms with E-state index in [4.69, 9.17) is 9.47 Å². The summed E-state index contributed by atoms with van der Waals surface area (Å²) in [4.78, 5) is 8.95. The van der Waals surface area contributed by atoms with Gasteiger partial charge in [-0.3, -0.25) is 9.88 Å². The quantitative estimate of drug-likeness (QED) is 0.826. The van der Waals surface area contributed by atoms with Gasteiger partial charge in [0.15, 0.2) is 0 Å². The molecule has 0 aliphatic carbocycles.